The molecule has 0 fully saturated rings. The van der Waals surface area contributed by atoms with Crippen molar-refractivity contribution >= 4 is 39.8 Å². The second-order valence-electron chi connectivity index (χ2n) is 2.49. The molecule has 1 aromatic heterocycles. The zero-order valence-electron chi connectivity index (χ0n) is 6.76. The molecule has 4 nitrogen and oxygen atoms in total. The van der Waals surface area contributed by atoms with E-state index in [1.165, 1.54) is 0 Å². The minimum absolute atomic E-state index is 0.388. The maximum Gasteiger partial charge on any atom is 0.200 e. The van der Waals surface area contributed by atoms with Gasteiger partial charge in [0.1, 0.15) is 16.1 Å². The van der Waals surface area contributed by atoms with E-state index in [0.717, 1.165) is 10.3 Å². The molecule has 0 amide bonds. The molecule has 0 unspecified atom stereocenters. The normalized spacial score (nSPS) is 9.92. The van der Waals surface area contributed by atoms with Gasteiger partial charge in [0, 0.05) is 14.1 Å². The number of hydrogen-bond acceptors (Lipinski definition) is 4. The van der Waals surface area contributed by atoms with E-state index >= 15 is 0 Å². The van der Waals surface area contributed by atoms with Gasteiger partial charge in [-0.15, -0.1) is 0 Å². The molecule has 6 heteroatoms. The molecule has 0 aromatic carbocycles. The molecule has 0 radical (unpaired) electrons. The summed E-state index contributed by atoms with van der Waals surface area (Å²) in [5, 5.41) is 0. The summed E-state index contributed by atoms with van der Waals surface area (Å²) < 4.78 is 1.13. The summed E-state index contributed by atoms with van der Waals surface area (Å²) >= 11 is 8.18. The van der Waals surface area contributed by atoms with Crippen LogP contribution in [0, 0.1) is 4.77 Å². The van der Waals surface area contributed by atoms with Crippen molar-refractivity contribution in [3.8, 4) is 0 Å². The Morgan fingerprint density at radius 3 is 2.67 bits per heavy atom. The Balaban J connectivity index is 3.38. The highest BCUT2D eigenvalue weighted by Crippen LogP contribution is 2.25. The van der Waals surface area contributed by atoms with Crippen molar-refractivity contribution in [1.29, 1.82) is 0 Å². The van der Waals surface area contributed by atoms with Crippen molar-refractivity contribution in [3.05, 3.63) is 9.24 Å². The number of nitrogens with zero attached hydrogens (tertiary/aromatic N) is 2. The number of nitrogens with two attached hydrogens (primary N) is 1. The second-order valence-corrected chi connectivity index (χ2v) is 3.67. The summed E-state index contributed by atoms with van der Waals surface area (Å²) in [4.78, 5) is 8.67. The van der Waals surface area contributed by atoms with E-state index in [1.54, 1.807) is 0 Å². The third-order valence-electron chi connectivity index (χ3n) is 1.31. The van der Waals surface area contributed by atoms with Crippen LogP contribution in [0.15, 0.2) is 4.47 Å². The molecule has 0 spiro atoms. The van der Waals surface area contributed by atoms with Crippen molar-refractivity contribution in [2.24, 2.45) is 0 Å². The Bertz CT molecular complexity index is 346. The topological polar surface area (TPSA) is 57.9 Å². The van der Waals surface area contributed by atoms with E-state index in [9.17, 15) is 0 Å². The predicted molar refractivity (Wildman–Crippen MR) is 55.9 cm³/mol. The van der Waals surface area contributed by atoms with Crippen molar-refractivity contribution in [3.63, 3.8) is 0 Å². The van der Waals surface area contributed by atoms with Gasteiger partial charge in [-0.05, 0) is 28.1 Å². The van der Waals surface area contributed by atoms with E-state index in [2.05, 4.69) is 25.9 Å². The minimum Gasteiger partial charge on any atom is -0.384 e. The van der Waals surface area contributed by atoms with E-state index in [0.29, 0.717) is 10.6 Å². The molecule has 0 aliphatic rings. The van der Waals surface area contributed by atoms with Gasteiger partial charge in [-0.25, -0.2) is 4.98 Å². The lowest BCUT2D eigenvalue weighted by molar-refractivity contribution is 1.02. The number of nitrogens with one attached hydrogen (secondary N) is 1. The molecule has 0 aliphatic heterocycles. The number of halogens is 1. The Morgan fingerprint density at radius 1 is 1.58 bits per heavy atom. The molecule has 0 saturated heterocycles. The average molecular weight is 249 g/mol. The SMILES string of the molecule is CN(C)c1nc(=S)[nH]c(N)c1Br. The van der Waals surface area contributed by atoms with Crippen LogP contribution in [-0.4, -0.2) is 24.1 Å². The summed E-state index contributed by atoms with van der Waals surface area (Å²) in [5.41, 5.74) is 5.62. The summed E-state index contributed by atoms with van der Waals surface area (Å²) in [6.45, 7) is 0. The molecule has 0 saturated carbocycles. The van der Waals surface area contributed by atoms with Crippen LogP contribution >= 0.6 is 28.1 Å². The highest BCUT2D eigenvalue weighted by molar-refractivity contribution is 9.10. The zero-order valence-corrected chi connectivity index (χ0v) is 9.16. The Morgan fingerprint density at radius 2 is 2.17 bits per heavy atom. The molecule has 66 valence electrons. The molecule has 3 N–H and O–H groups in total. The first kappa shape index (κ1) is 9.47. The lowest BCUT2D eigenvalue weighted by Crippen LogP contribution is -2.13. The van der Waals surface area contributed by atoms with Crippen molar-refractivity contribution < 1.29 is 0 Å². The fraction of sp³-hybridized carbons (Fsp3) is 0.333. The minimum atomic E-state index is 0.388. The number of hydrogen-bond donors (Lipinski definition) is 2. The number of aromatic amines is 1. The van der Waals surface area contributed by atoms with Crippen molar-refractivity contribution in [2.75, 3.05) is 24.7 Å². The Labute approximate surface area is 83.9 Å². The lowest BCUT2D eigenvalue weighted by atomic mass is 10.5. The van der Waals surface area contributed by atoms with Gasteiger partial charge in [0.25, 0.3) is 0 Å². The van der Waals surface area contributed by atoms with Gasteiger partial charge in [-0.2, -0.15) is 0 Å². The second kappa shape index (κ2) is 3.40. The lowest BCUT2D eigenvalue weighted by Gasteiger charge is -2.13. The first-order valence-corrected chi connectivity index (χ1v) is 4.45. The summed E-state index contributed by atoms with van der Waals surface area (Å²) in [7, 11) is 3.75. The molecule has 1 aromatic rings. The van der Waals surface area contributed by atoms with Gasteiger partial charge in [0.15, 0.2) is 4.77 Å². The smallest absolute Gasteiger partial charge is 0.200 e. The van der Waals surface area contributed by atoms with Crippen LogP contribution in [0.25, 0.3) is 0 Å². The standard InChI is InChI=1S/C6H9BrN4S/c1-11(2)5-3(7)4(8)9-6(12)10-5/h1-2H3,(H3,8,9,10,12). The molecule has 0 aliphatic carbocycles. The van der Waals surface area contributed by atoms with Crippen LogP contribution in [0.3, 0.4) is 0 Å². The van der Waals surface area contributed by atoms with E-state index in [1.807, 2.05) is 19.0 Å². The van der Waals surface area contributed by atoms with Crippen LogP contribution in [-0.2, 0) is 0 Å². The van der Waals surface area contributed by atoms with E-state index in [4.69, 9.17) is 18.0 Å². The molecular formula is C6H9BrN4S. The monoisotopic (exact) mass is 248 g/mol. The van der Waals surface area contributed by atoms with Gasteiger partial charge < -0.3 is 15.6 Å². The first-order valence-electron chi connectivity index (χ1n) is 3.25. The first-order chi connectivity index (χ1) is 5.52. The maximum atomic E-state index is 5.62. The van der Waals surface area contributed by atoms with Crippen LogP contribution in [0.4, 0.5) is 11.6 Å². The number of aromatic nitrogens is 2. The Hall–Kier alpha value is -0.620. The van der Waals surface area contributed by atoms with Crippen molar-refractivity contribution in [1.82, 2.24) is 9.97 Å². The third kappa shape index (κ3) is 1.75. The van der Waals surface area contributed by atoms with E-state index < -0.39 is 0 Å². The third-order valence-corrected chi connectivity index (χ3v) is 2.28. The molecular weight excluding hydrogens is 240 g/mol. The Kier molecular flexibility index (Phi) is 2.69. The van der Waals surface area contributed by atoms with Gasteiger partial charge >= 0.3 is 0 Å². The molecule has 0 bridgehead atoms. The average Bonchev–Trinajstić information content (AvgIpc) is 1.96. The number of nitrogen functional groups attached to an aromatic ring is 1. The van der Waals surface area contributed by atoms with Gasteiger partial charge in [0.05, 0.1) is 0 Å². The quantitative estimate of drug-likeness (QED) is 0.741. The molecule has 0 atom stereocenters. The van der Waals surface area contributed by atoms with Crippen molar-refractivity contribution in [2.45, 2.75) is 0 Å². The zero-order chi connectivity index (χ0) is 9.30. The maximum absolute atomic E-state index is 5.62. The number of H-pyrrole nitrogens is 1. The molecule has 1 rings (SSSR count). The summed E-state index contributed by atoms with van der Waals surface area (Å²) in [6, 6.07) is 0. The number of anilines is 2. The van der Waals surface area contributed by atoms with Gasteiger partial charge in [0.2, 0.25) is 0 Å². The van der Waals surface area contributed by atoms with Crippen LogP contribution < -0.4 is 10.6 Å². The van der Waals surface area contributed by atoms with Crippen LogP contribution in [0.1, 0.15) is 0 Å². The summed E-state index contributed by atoms with van der Waals surface area (Å²) in [6.07, 6.45) is 0. The van der Waals surface area contributed by atoms with Gasteiger partial charge in [-0.1, -0.05) is 0 Å². The number of rotatable bonds is 1. The largest absolute Gasteiger partial charge is 0.384 e. The van der Waals surface area contributed by atoms with Gasteiger partial charge in [-0.3, -0.25) is 0 Å². The van der Waals surface area contributed by atoms with Crippen LogP contribution in [0.2, 0.25) is 0 Å². The fourth-order valence-electron chi connectivity index (χ4n) is 0.760. The predicted octanol–water partition coefficient (Wildman–Crippen LogP) is 1.55. The molecule has 1 heterocycles. The van der Waals surface area contributed by atoms with E-state index in [-0.39, 0.29) is 0 Å². The highest BCUT2D eigenvalue weighted by Gasteiger charge is 2.06. The van der Waals surface area contributed by atoms with Crippen LogP contribution in [0.5, 0.6) is 0 Å². The highest BCUT2D eigenvalue weighted by atomic mass is 79.9. The molecule has 12 heavy (non-hydrogen) atoms. The summed E-state index contributed by atoms with van der Waals surface area (Å²) in [5.74, 6) is 1.23. The fourth-order valence-corrected chi connectivity index (χ4v) is 1.50.